The second-order valence-corrected chi connectivity index (χ2v) is 5.04. The van der Waals surface area contributed by atoms with Gasteiger partial charge in [0.25, 0.3) is 5.91 Å². The van der Waals surface area contributed by atoms with Gasteiger partial charge in [-0.25, -0.2) is 13.1 Å². The summed E-state index contributed by atoms with van der Waals surface area (Å²) in [5.41, 5.74) is 0.287. The average molecular weight is 243 g/mol. The van der Waals surface area contributed by atoms with Gasteiger partial charge in [-0.2, -0.15) is 0 Å². The van der Waals surface area contributed by atoms with Crippen LogP contribution in [0.2, 0.25) is 0 Å². The molecule has 6 heteroatoms. The first-order valence-corrected chi connectivity index (χ1v) is 6.41. The van der Waals surface area contributed by atoms with Crippen molar-refractivity contribution in [2.75, 3.05) is 12.4 Å². The molecule has 0 heterocycles. The zero-order chi connectivity index (χ0) is 12.0. The van der Waals surface area contributed by atoms with E-state index >= 15 is 0 Å². The second-order valence-electron chi connectivity index (χ2n) is 3.19. The first-order valence-electron chi connectivity index (χ1n) is 4.76. The maximum absolute atomic E-state index is 11.5. The SMILES string of the molecule is O=C(NS(=O)(=O)CCCO)c1ccccc1. The van der Waals surface area contributed by atoms with Gasteiger partial charge in [0.15, 0.2) is 0 Å². The van der Waals surface area contributed by atoms with Gasteiger partial charge in [0.1, 0.15) is 0 Å². The zero-order valence-electron chi connectivity index (χ0n) is 8.59. The van der Waals surface area contributed by atoms with Crippen molar-refractivity contribution in [3.8, 4) is 0 Å². The lowest BCUT2D eigenvalue weighted by Gasteiger charge is -2.05. The third-order valence-corrected chi connectivity index (χ3v) is 3.18. The number of nitrogens with one attached hydrogen (secondary N) is 1. The van der Waals surface area contributed by atoms with Gasteiger partial charge < -0.3 is 5.11 Å². The Morgan fingerprint density at radius 3 is 2.44 bits per heavy atom. The number of benzene rings is 1. The van der Waals surface area contributed by atoms with Crippen molar-refractivity contribution in [2.45, 2.75) is 6.42 Å². The summed E-state index contributed by atoms with van der Waals surface area (Å²) in [5.74, 6) is -0.916. The van der Waals surface area contributed by atoms with Crippen LogP contribution in [0, 0.1) is 0 Å². The van der Waals surface area contributed by atoms with Crippen molar-refractivity contribution < 1.29 is 18.3 Å². The van der Waals surface area contributed by atoms with Gasteiger partial charge in [-0.3, -0.25) is 4.79 Å². The second kappa shape index (κ2) is 5.62. The summed E-state index contributed by atoms with van der Waals surface area (Å²) in [6.45, 7) is -0.222. The van der Waals surface area contributed by atoms with Crippen molar-refractivity contribution >= 4 is 15.9 Å². The Kier molecular flexibility index (Phi) is 4.45. The van der Waals surface area contributed by atoms with E-state index in [9.17, 15) is 13.2 Å². The Bertz CT molecular complexity index is 441. The molecule has 0 atom stereocenters. The Morgan fingerprint density at radius 2 is 1.88 bits per heavy atom. The predicted molar refractivity (Wildman–Crippen MR) is 59.4 cm³/mol. The van der Waals surface area contributed by atoms with Crippen LogP contribution in [0.3, 0.4) is 0 Å². The van der Waals surface area contributed by atoms with Crippen LogP contribution in [0.15, 0.2) is 30.3 Å². The van der Waals surface area contributed by atoms with E-state index in [1.807, 2.05) is 4.72 Å². The number of sulfonamides is 1. The summed E-state index contributed by atoms with van der Waals surface area (Å²) >= 11 is 0. The van der Waals surface area contributed by atoms with Crippen LogP contribution < -0.4 is 4.72 Å². The Balaban J connectivity index is 2.65. The highest BCUT2D eigenvalue weighted by Crippen LogP contribution is 1.99. The molecular formula is C10H13NO4S. The minimum absolute atomic E-state index is 0.109. The minimum Gasteiger partial charge on any atom is -0.396 e. The fourth-order valence-electron chi connectivity index (χ4n) is 1.10. The van der Waals surface area contributed by atoms with Crippen molar-refractivity contribution in [3.63, 3.8) is 0 Å². The molecule has 0 aliphatic rings. The number of carbonyl (C=O) groups excluding carboxylic acids is 1. The maximum Gasteiger partial charge on any atom is 0.264 e. The quantitative estimate of drug-likeness (QED) is 0.770. The van der Waals surface area contributed by atoms with E-state index < -0.39 is 15.9 Å². The Labute approximate surface area is 94.2 Å². The minimum atomic E-state index is -3.65. The van der Waals surface area contributed by atoms with Gasteiger partial charge in [-0.05, 0) is 18.6 Å². The smallest absolute Gasteiger partial charge is 0.264 e. The number of amides is 1. The predicted octanol–water partition coefficient (Wildman–Crippen LogP) is 0.129. The molecule has 0 unspecified atom stereocenters. The van der Waals surface area contributed by atoms with Gasteiger partial charge in [-0.15, -0.1) is 0 Å². The molecule has 5 nitrogen and oxygen atoms in total. The van der Waals surface area contributed by atoms with Gasteiger partial charge in [0.05, 0.1) is 5.75 Å². The van der Waals surface area contributed by atoms with Crippen molar-refractivity contribution in [3.05, 3.63) is 35.9 Å². The van der Waals surface area contributed by atoms with Gasteiger partial charge >= 0.3 is 0 Å². The molecule has 0 aliphatic heterocycles. The Hall–Kier alpha value is -1.40. The van der Waals surface area contributed by atoms with Gasteiger partial charge in [0, 0.05) is 12.2 Å². The molecule has 1 aromatic carbocycles. The first kappa shape index (κ1) is 12.7. The summed E-state index contributed by atoms with van der Waals surface area (Å²) in [6, 6.07) is 8.08. The monoisotopic (exact) mass is 243 g/mol. The highest BCUT2D eigenvalue weighted by molar-refractivity contribution is 7.90. The number of aliphatic hydroxyl groups excluding tert-OH is 1. The molecule has 2 N–H and O–H groups in total. The van der Waals surface area contributed by atoms with E-state index in [0.29, 0.717) is 0 Å². The van der Waals surface area contributed by atoms with Crippen molar-refractivity contribution in [1.82, 2.24) is 4.72 Å². The molecule has 1 aromatic rings. The summed E-state index contributed by atoms with van der Waals surface area (Å²) in [6.07, 6.45) is 0.109. The number of carbonyl (C=O) groups is 1. The van der Waals surface area contributed by atoms with Gasteiger partial charge in [-0.1, -0.05) is 18.2 Å². The molecule has 0 aromatic heterocycles. The molecule has 0 aliphatic carbocycles. The fourth-order valence-corrected chi connectivity index (χ4v) is 2.11. The Morgan fingerprint density at radius 1 is 1.25 bits per heavy atom. The van der Waals surface area contributed by atoms with E-state index in [1.165, 1.54) is 12.1 Å². The lowest BCUT2D eigenvalue weighted by atomic mass is 10.2. The van der Waals surface area contributed by atoms with Crippen molar-refractivity contribution in [1.29, 1.82) is 0 Å². The summed E-state index contributed by atoms with van der Waals surface area (Å²) in [5, 5.41) is 8.50. The van der Waals surface area contributed by atoms with Crippen LogP contribution in [0.25, 0.3) is 0 Å². The van der Waals surface area contributed by atoms with Crippen LogP contribution in [0.1, 0.15) is 16.8 Å². The highest BCUT2D eigenvalue weighted by atomic mass is 32.2. The fraction of sp³-hybridized carbons (Fsp3) is 0.300. The molecule has 0 saturated heterocycles. The van der Waals surface area contributed by atoms with Gasteiger partial charge in [0.2, 0.25) is 10.0 Å². The number of rotatable bonds is 5. The molecule has 88 valence electrons. The van der Waals surface area contributed by atoms with E-state index in [-0.39, 0.29) is 24.3 Å². The third kappa shape index (κ3) is 4.00. The molecule has 0 bridgehead atoms. The van der Waals surface area contributed by atoms with Crippen LogP contribution in [-0.2, 0) is 10.0 Å². The highest BCUT2D eigenvalue weighted by Gasteiger charge is 2.14. The van der Waals surface area contributed by atoms with Crippen LogP contribution in [0.5, 0.6) is 0 Å². The number of hydrogen-bond donors (Lipinski definition) is 2. The van der Waals surface area contributed by atoms with E-state index in [2.05, 4.69) is 0 Å². The standard InChI is InChI=1S/C10H13NO4S/c12-7-4-8-16(14,15)11-10(13)9-5-2-1-3-6-9/h1-3,5-6,12H,4,7-8H2,(H,11,13). The molecule has 1 rings (SSSR count). The van der Waals surface area contributed by atoms with Crippen LogP contribution >= 0.6 is 0 Å². The molecule has 0 spiro atoms. The van der Waals surface area contributed by atoms with Crippen LogP contribution in [-0.4, -0.2) is 31.8 Å². The van der Waals surface area contributed by atoms with Crippen molar-refractivity contribution in [2.24, 2.45) is 0 Å². The summed E-state index contributed by atoms with van der Waals surface area (Å²) < 4.78 is 24.6. The summed E-state index contributed by atoms with van der Waals surface area (Å²) in [7, 11) is -3.65. The third-order valence-electron chi connectivity index (χ3n) is 1.86. The lowest BCUT2D eigenvalue weighted by Crippen LogP contribution is -2.32. The number of hydrogen-bond acceptors (Lipinski definition) is 4. The average Bonchev–Trinajstić information content (AvgIpc) is 2.27. The first-order chi connectivity index (χ1) is 7.55. The largest absolute Gasteiger partial charge is 0.396 e. The molecule has 1 amide bonds. The lowest BCUT2D eigenvalue weighted by molar-refractivity contribution is 0.0981. The normalized spacial score (nSPS) is 11.1. The number of aliphatic hydroxyl groups is 1. The topological polar surface area (TPSA) is 83.5 Å². The maximum atomic E-state index is 11.5. The van der Waals surface area contributed by atoms with E-state index in [4.69, 9.17) is 5.11 Å². The zero-order valence-corrected chi connectivity index (χ0v) is 9.40. The molecule has 0 fully saturated rings. The van der Waals surface area contributed by atoms with E-state index in [0.717, 1.165) is 0 Å². The molecular weight excluding hydrogens is 230 g/mol. The molecule has 0 radical (unpaired) electrons. The van der Waals surface area contributed by atoms with E-state index in [1.54, 1.807) is 18.2 Å². The molecule has 16 heavy (non-hydrogen) atoms. The molecule has 0 saturated carbocycles. The summed E-state index contributed by atoms with van der Waals surface area (Å²) in [4.78, 5) is 11.5. The van der Waals surface area contributed by atoms with Crippen LogP contribution in [0.4, 0.5) is 0 Å².